The maximum absolute atomic E-state index is 12.3. The van der Waals surface area contributed by atoms with Crippen LogP contribution < -0.4 is 10.9 Å². The predicted octanol–water partition coefficient (Wildman–Crippen LogP) is 2.31. The SMILES string of the molecule is O=C(Cn1nc(-c2cccs2)ccc1=O)Nc1nnc([C@H]2CCCO2)s1. The summed E-state index contributed by atoms with van der Waals surface area (Å²) in [5.74, 6) is -0.377. The van der Waals surface area contributed by atoms with Gasteiger partial charge in [0, 0.05) is 12.7 Å². The number of nitrogens with one attached hydrogen (secondary N) is 1. The van der Waals surface area contributed by atoms with Crippen LogP contribution in [-0.2, 0) is 16.1 Å². The summed E-state index contributed by atoms with van der Waals surface area (Å²) < 4.78 is 6.70. The molecular formula is C16H15N5O3S2. The Morgan fingerprint density at radius 1 is 1.35 bits per heavy atom. The van der Waals surface area contributed by atoms with E-state index in [2.05, 4.69) is 20.6 Å². The van der Waals surface area contributed by atoms with Crippen LogP contribution in [0, 0.1) is 0 Å². The molecule has 10 heteroatoms. The molecule has 4 rings (SSSR count). The molecule has 8 nitrogen and oxygen atoms in total. The van der Waals surface area contributed by atoms with Gasteiger partial charge in [0.05, 0.1) is 4.88 Å². The summed E-state index contributed by atoms with van der Waals surface area (Å²) in [5, 5.41) is 18.1. The second-order valence-electron chi connectivity index (χ2n) is 5.69. The minimum absolute atomic E-state index is 0.0371. The quantitative estimate of drug-likeness (QED) is 0.719. The van der Waals surface area contributed by atoms with Crippen molar-refractivity contribution >= 4 is 33.7 Å². The lowest BCUT2D eigenvalue weighted by molar-refractivity contribution is -0.117. The molecule has 134 valence electrons. The van der Waals surface area contributed by atoms with Gasteiger partial charge in [0.15, 0.2) is 0 Å². The fraction of sp³-hybridized carbons (Fsp3) is 0.312. The Labute approximate surface area is 156 Å². The van der Waals surface area contributed by atoms with E-state index in [1.807, 2.05) is 17.5 Å². The number of nitrogens with zero attached hydrogens (tertiary/aromatic N) is 4. The number of carbonyl (C=O) groups is 1. The summed E-state index contributed by atoms with van der Waals surface area (Å²) in [6.45, 7) is 0.536. The van der Waals surface area contributed by atoms with E-state index in [1.165, 1.54) is 28.7 Å². The number of thiophene rings is 1. The van der Waals surface area contributed by atoms with E-state index in [0.717, 1.165) is 34.0 Å². The van der Waals surface area contributed by atoms with Crippen LogP contribution in [-0.4, -0.2) is 32.5 Å². The minimum Gasteiger partial charge on any atom is -0.371 e. The molecule has 1 aliphatic rings. The summed E-state index contributed by atoms with van der Waals surface area (Å²) in [6.07, 6.45) is 1.88. The summed E-state index contributed by atoms with van der Waals surface area (Å²) in [7, 11) is 0. The van der Waals surface area contributed by atoms with E-state index in [0.29, 0.717) is 10.8 Å². The zero-order valence-corrected chi connectivity index (χ0v) is 15.3. The lowest BCUT2D eigenvalue weighted by atomic mass is 10.2. The van der Waals surface area contributed by atoms with Gasteiger partial charge in [0.25, 0.3) is 5.56 Å². The van der Waals surface area contributed by atoms with Crippen LogP contribution in [0.25, 0.3) is 10.6 Å². The van der Waals surface area contributed by atoms with Crippen LogP contribution in [0.15, 0.2) is 34.4 Å². The molecule has 0 saturated carbocycles. The standard InChI is InChI=1S/C16H15N5O3S2/c22-13(17-16-19-18-15(26-16)11-3-1-7-24-11)9-21-14(23)6-5-10(20-21)12-4-2-8-25-12/h2,4-6,8,11H,1,3,7,9H2,(H,17,19,22)/t11-/m1/s1. The van der Waals surface area contributed by atoms with Crippen LogP contribution >= 0.6 is 22.7 Å². The van der Waals surface area contributed by atoms with Crippen LogP contribution in [0.4, 0.5) is 5.13 Å². The van der Waals surface area contributed by atoms with Gasteiger partial charge in [-0.15, -0.1) is 21.5 Å². The predicted molar refractivity (Wildman–Crippen MR) is 98.3 cm³/mol. The van der Waals surface area contributed by atoms with E-state index in [4.69, 9.17) is 4.74 Å². The molecule has 0 radical (unpaired) electrons. The average Bonchev–Trinajstić information content (AvgIpc) is 3.39. The van der Waals surface area contributed by atoms with Crippen molar-refractivity contribution in [1.29, 1.82) is 0 Å². The van der Waals surface area contributed by atoms with Crippen molar-refractivity contribution in [2.24, 2.45) is 0 Å². The van der Waals surface area contributed by atoms with E-state index >= 15 is 0 Å². The zero-order chi connectivity index (χ0) is 17.9. The van der Waals surface area contributed by atoms with E-state index in [9.17, 15) is 9.59 Å². The third-order valence-electron chi connectivity index (χ3n) is 3.83. The summed E-state index contributed by atoms with van der Waals surface area (Å²) in [4.78, 5) is 25.2. The van der Waals surface area contributed by atoms with Gasteiger partial charge in [-0.1, -0.05) is 17.4 Å². The fourth-order valence-electron chi connectivity index (χ4n) is 2.60. The second kappa shape index (κ2) is 7.44. The van der Waals surface area contributed by atoms with Gasteiger partial charge in [-0.3, -0.25) is 14.9 Å². The number of amides is 1. The Bertz CT molecular complexity index is 960. The highest BCUT2D eigenvalue weighted by Gasteiger charge is 2.22. The lowest BCUT2D eigenvalue weighted by Crippen LogP contribution is -2.29. The number of rotatable bonds is 5. The molecular weight excluding hydrogens is 374 g/mol. The summed E-state index contributed by atoms with van der Waals surface area (Å²) in [6, 6.07) is 6.89. The van der Waals surface area contributed by atoms with Crippen molar-refractivity contribution in [2.45, 2.75) is 25.5 Å². The molecule has 1 fully saturated rings. The van der Waals surface area contributed by atoms with Crippen LogP contribution in [0.3, 0.4) is 0 Å². The molecule has 0 spiro atoms. The molecule has 0 aromatic carbocycles. The number of hydrogen-bond donors (Lipinski definition) is 1. The molecule has 1 atom stereocenters. The first kappa shape index (κ1) is 17.0. The van der Waals surface area contributed by atoms with Crippen molar-refractivity contribution in [3.63, 3.8) is 0 Å². The molecule has 3 aromatic heterocycles. The molecule has 0 aliphatic carbocycles. The number of carbonyl (C=O) groups excluding carboxylic acids is 1. The largest absolute Gasteiger partial charge is 0.371 e. The number of anilines is 1. The van der Waals surface area contributed by atoms with Gasteiger partial charge in [-0.05, 0) is 30.4 Å². The number of hydrogen-bond acceptors (Lipinski definition) is 8. The molecule has 1 amide bonds. The molecule has 1 saturated heterocycles. The van der Waals surface area contributed by atoms with Gasteiger partial charge in [-0.2, -0.15) is 5.10 Å². The zero-order valence-electron chi connectivity index (χ0n) is 13.6. The van der Waals surface area contributed by atoms with Crippen molar-refractivity contribution < 1.29 is 9.53 Å². The Balaban J connectivity index is 1.45. The third kappa shape index (κ3) is 3.71. The van der Waals surface area contributed by atoms with Crippen LogP contribution in [0.5, 0.6) is 0 Å². The van der Waals surface area contributed by atoms with E-state index < -0.39 is 0 Å². The van der Waals surface area contributed by atoms with Crippen LogP contribution in [0.2, 0.25) is 0 Å². The average molecular weight is 389 g/mol. The monoisotopic (exact) mass is 389 g/mol. The van der Waals surface area contributed by atoms with Crippen molar-refractivity contribution in [3.8, 4) is 10.6 Å². The molecule has 1 aliphatic heterocycles. The lowest BCUT2D eigenvalue weighted by Gasteiger charge is -2.06. The highest BCUT2D eigenvalue weighted by atomic mass is 32.1. The van der Waals surface area contributed by atoms with Gasteiger partial charge < -0.3 is 4.74 Å². The Morgan fingerprint density at radius 2 is 2.27 bits per heavy atom. The second-order valence-corrected chi connectivity index (χ2v) is 7.64. The fourth-order valence-corrected chi connectivity index (χ4v) is 4.13. The highest BCUT2D eigenvalue weighted by molar-refractivity contribution is 7.15. The molecule has 4 heterocycles. The Hall–Kier alpha value is -2.43. The molecule has 3 aromatic rings. The van der Waals surface area contributed by atoms with Crippen molar-refractivity contribution in [2.75, 3.05) is 11.9 Å². The van der Waals surface area contributed by atoms with E-state index in [-0.39, 0.29) is 24.1 Å². The van der Waals surface area contributed by atoms with Crippen LogP contribution in [0.1, 0.15) is 24.0 Å². The first-order chi connectivity index (χ1) is 12.7. The van der Waals surface area contributed by atoms with Gasteiger partial charge in [0.2, 0.25) is 11.0 Å². The van der Waals surface area contributed by atoms with E-state index in [1.54, 1.807) is 6.07 Å². The first-order valence-corrected chi connectivity index (χ1v) is 9.75. The minimum atomic E-state index is -0.377. The highest BCUT2D eigenvalue weighted by Crippen LogP contribution is 2.31. The third-order valence-corrected chi connectivity index (χ3v) is 5.65. The summed E-state index contributed by atoms with van der Waals surface area (Å²) in [5.41, 5.74) is 0.321. The van der Waals surface area contributed by atoms with Gasteiger partial charge in [0.1, 0.15) is 23.4 Å². The van der Waals surface area contributed by atoms with Crippen molar-refractivity contribution in [3.05, 3.63) is 45.0 Å². The maximum atomic E-state index is 12.3. The summed E-state index contributed by atoms with van der Waals surface area (Å²) >= 11 is 2.81. The normalized spacial score (nSPS) is 16.7. The smallest absolute Gasteiger partial charge is 0.267 e. The van der Waals surface area contributed by atoms with Gasteiger partial charge in [-0.25, -0.2) is 4.68 Å². The molecule has 0 bridgehead atoms. The molecule has 26 heavy (non-hydrogen) atoms. The number of ether oxygens (including phenoxy) is 1. The maximum Gasteiger partial charge on any atom is 0.267 e. The topological polar surface area (TPSA) is 99.0 Å². The number of aromatic nitrogens is 4. The van der Waals surface area contributed by atoms with Gasteiger partial charge >= 0.3 is 0 Å². The Morgan fingerprint density at radius 3 is 3.04 bits per heavy atom. The Kier molecular flexibility index (Phi) is 4.87. The molecule has 0 unspecified atom stereocenters. The van der Waals surface area contributed by atoms with Crippen molar-refractivity contribution in [1.82, 2.24) is 20.0 Å². The molecule has 1 N–H and O–H groups in total. The first-order valence-electron chi connectivity index (χ1n) is 8.06.